The van der Waals surface area contributed by atoms with Crippen molar-refractivity contribution < 1.29 is 4.74 Å². The van der Waals surface area contributed by atoms with E-state index in [1.165, 1.54) is 16.7 Å². The summed E-state index contributed by atoms with van der Waals surface area (Å²) in [6.45, 7) is 10.8. The van der Waals surface area contributed by atoms with Crippen LogP contribution in [0, 0.1) is 5.92 Å². The summed E-state index contributed by atoms with van der Waals surface area (Å²) < 4.78 is 5.78. The Hall–Kier alpha value is -0.860. The van der Waals surface area contributed by atoms with Gasteiger partial charge in [0.15, 0.2) is 0 Å². The molecule has 20 heavy (non-hydrogen) atoms. The topological polar surface area (TPSA) is 21.3 Å². The van der Waals surface area contributed by atoms with Gasteiger partial charge >= 0.3 is 0 Å². The third-order valence-electron chi connectivity index (χ3n) is 4.64. The molecule has 0 amide bonds. The van der Waals surface area contributed by atoms with Crippen molar-refractivity contribution in [3.05, 3.63) is 34.9 Å². The fourth-order valence-corrected chi connectivity index (χ4v) is 3.44. The summed E-state index contributed by atoms with van der Waals surface area (Å²) in [7, 11) is 0. The van der Waals surface area contributed by atoms with Gasteiger partial charge in [0.25, 0.3) is 0 Å². The summed E-state index contributed by atoms with van der Waals surface area (Å²) in [5.41, 5.74) is 4.42. The lowest BCUT2D eigenvalue weighted by Crippen LogP contribution is -2.32. The first-order valence-electron chi connectivity index (χ1n) is 8.17. The first kappa shape index (κ1) is 15.5. The average molecular weight is 275 g/mol. The Bertz CT molecular complexity index is 429. The molecule has 1 fully saturated rings. The lowest BCUT2D eigenvalue weighted by molar-refractivity contribution is 0.0956. The summed E-state index contributed by atoms with van der Waals surface area (Å²) >= 11 is 0. The zero-order valence-corrected chi connectivity index (χ0v) is 13.4. The maximum atomic E-state index is 5.78. The Morgan fingerprint density at radius 2 is 1.95 bits per heavy atom. The number of ether oxygens (including phenoxy) is 1. The largest absolute Gasteiger partial charge is 0.378 e. The van der Waals surface area contributed by atoms with Crippen LogP contribution in [0.2, 0.25) is 0 Å². The van der Waals surface area contributed by atoms with Crippen LogP contribution in [0.3, 0.4) is 0 Å². The van der Waals surface area contributed by atoms with Crippen molar-refractivity contribution in [2.24, 2.45) is 5.92 Å². The number of hydrogen-bond donors (Lipinski definition) is 1. The zero-order valence-electron chi connectivity index (χ0n) is 13.4. The smallest absolute Gasteiger partial charge is 0.0594 e. The third-order valence-corrected chi connectivity index (χ3v) is 4.64. The lowest BCUT2D eigenvalue weighted by atomic mass is 9.86. The van der Waals surface area contributed by atoms with Crippen molar-refractivity contribution in [1.29, 1.82) is 0 Å². The Kier molecular flexibility index (Phi) is 5.62. The van der Waals surface area contributed by atoms with Crippen LogP contribution in [0.25, 0.3) is 0 Å². The predicted octanol–water partition coefficient (Wildman–Crippen LogP) is 3.89. The summed E-state index contributed by atoms with van der Waals surface area (Å²) in [6.07, 6.45) is 3.76. The minimum Gasteiger partial charge on any atom is -0.378 e. The molecule has 112 valence electrons. The van der Waals surface area contributed by atoms with Gasteiger partial charge in [-0.3, -0.25) is 0 Å². The number of nitrogens with one attached hydrogen (secondary N) is 1. The standard InChI is InChI=1S/C18H29NO/c1-5-14-8-9-16(12-15(14)6-2)18(19-7-3)17-10-11-20-13(17)4/h8-9,12-13,17-19H,5-7,10-11H2,1-4H3. The molecule has 0 radical (unpaired) electrons. The van der Waals surface area contributed by atoms with Crippen LogP contribution >= 0.6 is 0 Å². The second-order valence-corrected chi connectivity index (χ2v) is 5.80. The van der Waals surface area contributed by atoms with Crippen molar-refractivity contribution in [2.75, 3.05) is 13.2 Å². The molecule has 3 atom stereocenters. The van der Waals surface area contributed by atoms with Gasteiger partial charge in [0.2, 0.25) is 0 Å². The lowest BCUT2D eigenvalue weighted by Gasteiger charge is -2.28. The highest BCUT2D eigenvalue weighted by molar-refractivity contribution is 5.34. The van der Waals surface area contributed by atoms with Crippen LogP contribution in [0.4, 0.5) is 0 Å². The molecular weight excluding hydrogens is 246 g/mol. The van der Waals surface area contributed by atoms with Crippen LogP contribution in [0.5, 0.6) is 0 Å². The van der Waals surface area contributed by atoms with E-state index in [9.17, 15) is 0 Å². The van der Waals surface area contributed by atoms with Crippen LogP contribution in [-0.4, -0.2) is 19.3 Å². The number of rotatable bonds is 6. The highest BCUT2D eigenvalue weighted by atomic mass is 16.5. The van der Waals surface area contributed by atoms with Gasteiger partial charge in [-0.2, -0.15) is 0 Å². The van der Waals surface area contributed by atoms with Crippen LogP contribution in [-0.2, 0) is 17.6 Å². The molecule has 1 saturated heterocycles. The van der Waals surface area contributed by atoms with Crippen molar-refractivity contribution in [3.63, 3.8) is 0 Å². The molecule has 0 bridgehead atoms. The van der Waals surface area contributed by atoms with E-state index >= 15 is 0 Å². The van der Waals surface area contributed by atoms with Gasteiger partial charge in [0.1, 0.15) is 0 Å². The van der Waals surface area contributed by atoms with E-state index in [1.54, 1.807) is 0 Å². The highest BCUT2D eigenvalue weighted by Crippen LogP contribution is 2.34. The van der Waals surface area contributed by atoms with Gasteiger partial charge in [-0.25, -0.2) is 0 Å². The van der Waals surface area contributed by atoms with Gasteiger partial charge in [-0.15, -0.1) is 0 Å². The Morgan fingerprint density at radius 1 is 1.20 bits per heavy atom. The van der Waals surface area contributed by atoms with Gasteiger partial charge in [-0.05, 0) is 49.4 Å². The maximum Gasteiger partial charge on any atom is 0.0594 e. The first-order valence-corrected chi connectivity index (χ1v) is 8.17. The van der Waals surface area contributed by atoms with E-state index < -0.39 is 0 Å². The highest BCUT2D eigenvalue weighted by Gasteiger charge is 2.32. The summed E-state index contributed by atoms with van der Waals surface area (Å²) in [5, 5.41) is 3.68. The van der Waals surface area contributed by atoms with E-state index in [4.69, 9.17) is 4.74 Å². The zero-order chi connectivity index (χ0) is 14.5. The van der Waals surface area contributed by atoms with Crippen molar-refractivity contribution in [3.8, 4) is 0 Å². The third kappa shape index (κ3) is 3.24. The second-order valence-electron chi connectivity index (χ2n) is 5.80. The fourth-order valence-electron chi connectivity index (χ4n) is 3.44. The summed E-state index contributed by atoms with van der Waals surface area (Å²) in [4.78, 5) is 0. The molecule has 2 nitrogen and oxygen atoms in total. The number of benzene rings is 1. The molecule has 1 aliphatic heterocycles. The maximum absolute atomic E-state index is 5.78. The molecule has 1 aliphatic rings. The number of aryl methyl sites for hydroxylation is 2. The van der Waals surface area contributed by atoms with Gasteiger partial charge in [0, 0.05) is 18.6 Å². The van der Waals surface area contributed by atoms with Crippen LogP contribution < -0.4 is 5.32 Å². The average Bonchev–Trinajstić information content (AvgIpc) is 2.90. The van der Waals surface area contributed by atoms with E-state index in [1.807, 2.05) is 0 Å². The molecule has 2 rings (SSSR count). The molecule has 1 aromatic carbocycles. The molecule has 1 heterocycles. The minimum absolute atomic E-state index is 0.356. The first-order chi connectivity index (χ1) is 9.71. The molecule has 1 aromatic rings. The van der Waals surface area contributed by atoms with Crippen molar-refractivity contribution >= 4 is 0 Å². The van der Waals surface area contributed by atoms with E-state index in [0.29, 0.717) is 18.1 Å². The second kappa shape index (κ2) is 7.24. The normalized spacial score (nSPS) is 24.0. The van der Waals surface area contributed by atoms with Crippen molar-refractivity contribution in [2.45, 2.75) is 59.1 Å². The molecule has 3 unspecified atom stereocenters. The van der Waals surface area contributed by atoms with E-state index in [0.717, 1.165) is 32.4 Å². The molecule has 0 aliphatic carbocycles. The summed E-state index contributed by atoms with van der Waals surface area (Å²) in [5.74, 6) is 0.590. The number of hydrogen-bond acceptors (Lipinski definition) is 2. The Balaban J connectivity index is 2.29. The molecular formula is C18H29NO. The monoisotopic (exact) mass is 275 g/mol. The van der Waals surface area contributed by atoms with Crippen LogP contribution in [0.1, 0.15) is 56.8 Å². The Morgan fingerprint density at radius 3 is 2.50 bits per heavy atom. The van der Waals surface area contributed by atoms with E-state index in [-0.39, 0.29) is 0 Å². The molecule has 0 spiro atoms. The minimum atomic E-state index is 0.356. The summed E-state index contributed by atoms with van der Waals surface area (Å²) in [6, 6.07) is 7.47. The molecule has 0 aromatic heterocycles. The van der Waals surface area contributed by atoms with Crippen LogP contribution in [0.15, 0.2) is 18.2 Å². The van der Waals surface area contributed by atoms with Gasteiger partial charge in [-0.1, -0.05) is 39.0 Å². The fraction of sp³-hybridized carbons (Fsp3) is 0.667. The van der Waals surface area contributed by atoms with E-state index in [2.05, 4.69) is 51.2 Å². The van der Waals surface area contributed by atoms with Crippen molar-refractivity contribution in [1.82, 2.24) is 5.32 Å². The quantitative estimate of drug-likeness (QED) is 0.850. The van der Waals surface area contributed by atoms with Gasteiger partial charge in [0.05, 0.1) is 6.10 Å². The molecule has 1 N–H and O–H groups in total. The molecule has 0 saturated carbocycles. The van der Waals surface area contributed by atoms with Gasteiger partial charge < -0.3 is 10.1 Å². The predicted molar refractivity (Wildman–Crippen MR) is 85.1 cm³/mol. The Labute approximate surface area is 123 Å². The SMILES string of the molecule is CCNC(c1ccc(CC)c(CC)c1)C1CCOC1C. The molecule has 2 heteroatoms.